The van der Waals surface area contributed by atoms with Gasteiger partial charge in [0.1, 0.15) is 23.2 Å². The summed E-state index contributed by atoms with van der Waals surface area (Å²) in [5, 5.41) is 4.35. The molecule has 3 aromatic rings. The minimum Gasteiger partial charge on any atom is -1.00 e. The molecule has 0 saturated carbocycles. The first-order valence-corrected chi connectivity index (χ1v) is 11.3. The Kier molecular flexibility index (Phi) is 8.02. The smallest absolute Gasteiger partial charge is 0.115 e. The lowest BCUT2D eigenvalue weighted by molar-refractivity contribution is -0.00000529. The maximum Gasteiger partial charge on any atom is 0.115 e. The minimum atomic E-state index is -1.72. The average Bonchev–Trinajstić information content (AvgIpc) is 2.70. The molecule has 0 radical (unpaired) electrons. The van der Waals surface area contributed by atoms with E-state index in [0.717, 1.165) is 6.16 Å². The van der Waals surface area contributed by atoms with Crippen LogP contribution in [-0.4, -0.2) is 6.16 Å². The Morgan fingerprint density at radius 3 is 1.33 bits per heavy atom. The zero-order valence-electron chi connectivity index (χ0n) is 16.3. The van der Waals surface area contributed by atoms with Gasteiger partial charge in [0, 0.05) is 0 Å². The highest BCUT2D eigenvalue weighted by Crippen LogP contribution is 2.55. The maximum absolute atomic E-state index is 2.48. The van der Waals surface area contributed by atoms with E-state index in [1.807, 2.05) is 0 Å². The first kappa shape index (κ1) is 21.6. The number of halogens is 1. The molecule has 0 nitrogen and oxygen atoms in total. The van der Waals surface area contributed by atoms with Crippen LogP contribution in [0.2, 0.25) is 0 Å². The van der Waals surface area contributed by atoms with Crippen LogP contribution < -0.4 is 32.9 Å². The molecule has 140 valence electrons. The van der Waals surface area contributed by atoms with Gasteiger partial charge in [0.15, 0.2) is 0 Å². The lowest BCUT2D eigenvalue weighted by atomic mass is 10.1. The number of hydrogen-bond donors (Lipinski definition) is 0. The molecular formula is C25H28BrP. The molecule has 0 fully saturated rings. The van der Waals surface area contributed by atoms with Gasteiger partial charge in [-0.1, -0.05) is 74.0 Å². The van der Waals surface area contributed by atoms with Gasteiger partial charge in [-0.05, 0) is 55.3 Å². The third-order valence-corrected chi connectivity index (χ3v) is 9.46. The molecule has 3 aromatic carbocycles. The van der Waals surface area contributed by atoms with Crippen LogP contribution >= 0.6 is 7.26 Å². The van der Waals surface area contributed by atoms with Crippen LogP contribution in [0.1, 0.15) is 20.8 Å². The topological polar surface area (TPSA) is 0 Å². The second-order valence-corrected chi connectivity index (χ2v) is 10.6. The first-order chi connectivity index (χ1) is 12.6. The minimum absolute atomic E-state index is 0. The molecule has 0 heterocycles. The zero-order chi connectivity index (χ0) is 18.4. The summed E-state index contributed by atoms with van der Waals surface area (Å²) in [5.74, 6) is 0.583. The van der Waals surface area contributed by atoms with Crippen LogP contribution in [0.5, 0.6) is 0 Å². The molecule has 0 aliphatic rings. The number of benzene rings is 3. The second-order valence-electron chi connectivity index (χ2n) is 7.10. The molecule has 2 heteroatoms. The van der Waals surface area contributed by atoms with Crippen molar-refractivity contribution in [2.24, 2.45) is 5.92 Å². The zero-order valence-corrected chi connectivity index (χ0v) is 18.8. The van der Waals surface area contributed by atoms with E-state index in [2.05, 4.69) is 118 Å². The van der Waals surface area contributed by atoms with Crippen LogP contribution in [0, 0.1) is 5.92 Å². The molecule has 0 atom stereocenters. The van der Waals surface area contributed by atoms with Crippen molar-refractivity contribution in [1.29, 1.82) is 0 Å². The molecule has 0 N–H and O–H groups in total. The van der Waals surface area contributed by atoms with Gasteiger partial charge in [0.25, 0.3) is 0 Å². The average molecular weight is 439 g/mol. The predicted molar refractivity (Wildman–Crippen MR) is 119 cm³/mol. The Morgan fingerprint density at radius 2 is 1.04 bits per heavy atom. The summed E-state index contributed by atoms with van der Waals surface area (Å²) in [5.41, 5.74) is 1.47. The van der Waals surface area contributed by atoms with Gasteiger partial charge >= 0.3 is 0 Å². The van der Waals surface area contributed by atoms with Crippen LogP contribution in [-0.2, 0) is 0 Å². The van der Waals surface area contributed by atoms with Crippen LogP contribution in [0.3, 0.4) is 0 Å². The van der Waals surface area contributed by atoms with Crippen molar-refractivity contribution >= 4 is 23.2 Å². The summed E-state index contributed by atoms with van der Waals surface area (Å²) in [6.45, 7) is 6.82. The summed E-state index contributed by atoms with van der Waals surface area (Å²) in [4.78, 5) is 0. The van der Waals surface area contributed by atoms with E-state index in [0.29, 0.717) is 5.92 Å². The largest absolute Gasteiger partial charge is 1.00 e. The molecule has 0 aromatic heterocycles. The fraction of sp³-hybridized carbons (Fsp3) is 0.200. The molecule has 0 aliphatic heterocycles. The molecule has 0 aliphatic carbocycles. The van der Waals surface area contributed by atoms with Gasteiger partial charge in [-0.2, -0.15) is 0 Å². The molecule has 0 unspecified atom stereocenters. The summed E-state index contributed by atoms with van der Waals surface area (Å²) in [6, 6.07) is 33.3. The normalized spacial score (nSPS) is 11.9. The highest BCUT2D eigenvalue weighted by atomic mass is 79.9. The maximum atomic E-state index is 2.48. The first-order valence-electron chi connectivity index (χ1n) is 9.36. The summed E-state index contributed by atoms with van der Waals surface area (Å²) >= 11 is 0. The standard InChI is InChI=1S/C25H28P.BrH/c1-21(2)22(3)19-20-26(23-13-7-4-8-14-23,24-15-9-5-10-16-24)25-17-11-6-12-18-25;/h4-19,21H,20H2,1-3H3;1H/q+1;/p-1. The summed E-state index contributed by atoms with van der Waals surface area (Å²) < 4.78 is 0. The molecule has 0 saturated heterocycles. The van der Waals surface area contributed by atoms with E-state index in [9.17, 15) is 0 Å². The summed E-state index contributed by atoms with van der Waals surface area (Å²) in [6.07, 6.45) is 3.54. The number of hydrogen-bond acceptors (Lipinski definition) is 0. The van der Waals surface area contributed by atoms with Gasteiger partial charge in [-0.15, -0.1) is 0 Å². The second kappa shape index (κ2) is 10.0. The van der Waals surface area contributed by atoms with E-state index in [-0.39, 0.29) is 17.0 Å². The molecule has 0 bridgehead atoms. The SMILES string of the molecule is CC(=CC[P+](c1ccccc1)(c1ccccc1)c1ccccc1)C(C)C.[Br-]. The van der Waals surface area contributed by atoms with Crippen molar-refractivity contribution in [2.45, 2.75) is 20.8 Å². The Morgan fingerprint density at radius 1 is 0.704 bits per heavy atom. The van der Waals surface area contributed by atoms with Crippen LogP contribution in [0.15, 0.2) is 103 Å². The molecular weight excluding hydrogens is 411 g/mol. The molecule has 27 heavy (non-hydrogen) atoms. The van der Waals surface area contributed by atoms with Gasteiger partial charge in [-0.25, -0.2) is 0 Å². The third-order valence-electron chi connectivity index (χ3n) is 5.19. The van der Waals surface area contributed by atoms with Crippen molar-refractivity contribution in [3.05, 3.63) is 103 Å². The molecule has 3 rings (SSSR count). The summed E-state index contributed by atoms with van der Waals surface area (Å²) in [7, 11) is -1.72. The van der Waals surface area contributed by atoms with Crippen molar-refractivity contribution < 1.29 is 17.0 Å². The third kappa shape index (κ3) is 4.78. The monoisotopic (exact) mass is 438 g/mol. The Labute approximate surface area is 175 Å². The van der Waals surface area contributed by atoms with Gasteiger partial charge in [-0.3, -0.25) is 0 Å². The van der Waals surface area contributed by atoms with E-state index in [1.54, 1.807) is 0 Å². The van der Waals surface area contributed by atoms with Crippen molar-refractivity contribution in [3.8, 4) is 0 Å². The van der Waals surface area contributed by atoms with Gasteiger partial charge < -0.3 is 17.0 Å². The lowest BCUT2D eigenvalue weighted by Gasteiger charge is -2.27. The Bertz CT molecular complexity index is 743. The molecule has 0 spiro atoms. The van der Waals surface area contributed by atoms with Crippen molar-refractivity contribution in [1.82, 2.24) is 0 Å². The van der Waals surface area contributed by atoms with E-state index in [1.165, 1.54) is 21.5 Å². The Hall–Kier alpha value is -1.69. The van der Waals surface area contributed by atoms with Gasteiger partial charge in [0.2, 0.25) is 0 Å². The predicted octanol–water partition coefficient (Wildman–Crippen LogP) is 2.59. The Balaban J connectivity index is 0.00000261. The van der Waals surface area contributed by atoms with E-state index < -0.39 is 7.26 Å². The van der Waals surface area contributed by atoms with Crippen LogP contribution in [0.25, 0.3) is 0 Å². The highest BCUT2D eigenvalue weighted by Gasteiger charge is 2.44. The number of allylic oxidation sites excluding steroid dienone is 2. The fourth-order valence-corrected chi connectivity index (χ4v) is 7.46. The van der Waals surface area contributed by atoms with Crippen molar-refractivity contribution in [2.75, 3.05) is 6.16 Å². The lowest BCUT2D eigenvalue weighted by Crippen LogP contribution is -3.00. The number of rotatable bonds is 6. The fourth-order valence-electron chi connectivity index (χ4n) is 3.33. The van der Waals surface area contributed by atoms with E-state index in [4.69, 9.17) is 0 Å². The highest BCUT2D eigenvalue weighted by molar-refractivity contribution is 7.95. The van der Waals surface area contributed by atoms with E-state index >= 15 is 0 Å². The van der Waals surface area contributed by atoms with Crippen molar-refractivity contribution in [3.63, 3.8) is 0 Å². The quantitative estimate of drug-likeness (QED) is 0.409. The molecule has 0 amide bonds. The van der Waals surface area contributed by atoms with Crippen LogP contribution in [0.4, 0.5) is 0 Å². The van der Waals surface area contributed by atoms with Gasteiger partial charge in [0.05, 0.1) is 6.16 Å².